The molecule has 5 nitrogen and oxygen atoms in total. The van der Waals surface area contributed by atoms with E-state index in [1.54, 1.807) is 29.9 Å². The second-order valence-electron chi connectivity index (χ2n) is 3.44. The Kier molecular flexibility index (Phi) is 2.91. The highest BCUT2D eigenvalue weighted by atomic mass is 32.1. The van der Waals surface area contributed by atoms with E-state index in [4.69, 9.17) is 16.6 Å². The predicted octanol–water partition coefficient (Wildman–Crippen LogP) is 3.14. The van der Waals surface area contributed by atoms with Crippen LogP contribution in [0.5, 0.6) is 0 Å². The predicted molar refractivity (Wildman–Crippen MR) is 72.4 cm³/mol. The first-order valence-corrected chi connectivity index (χ1v) is 6.47. The SMILES string of the molecule is S=c1[nH]nc(-c2ccco2)n1/N=C\c1ccsc1. The summed E-state index contributed by atoms with van der Waals surface area (Å²) in [7, 11) is 0. The maximum atomic E-state index is 5.29. The van der Waals surface area contributed by atoms with Crippen LogP contribution < -0.4 is 0 Å². The Morgan fingerprint density at radius 1 is 1.50 bits per heavy atom. The monoisotopic (exact) mass is 276 g/mol. The lowest BCUT2D eigenvalue weighted by atomic mass is 10.4. The number of H-pyrrole nitrogens is 1. The third-order valence-corrected chi connectivity index (χ3v) is 3.22. The minimum absolute atomic E-state index is 0.424. The largest absolute Gasteiger partial charge is 0.461 e. The molecule has 90 valence electrons. The maximum absolute atomic E-state index is 5.29. The quantitative estimate of drug-likeness (QED) is 0.590. The minimum Gasteiger partial charge on any atom is -0.461 e. The van der Waals surface area contributed by atoms with Gasteiger partial charge in [-0.05, 0) is 41.2 Å². The maximum Gasteiger partial charge on any atom is 0.219 e. The van der Waals surface area contributed by atoms with Crippen LogP contribution in [0.25, 0.3) is 11.6 Å². The van der Waals surface area contributed by atoms with Crippen LogP contribution in [0.3, 0.4) is 0 Å². The van der Waals surface area contributed by atoms with Gasteiger partial charge in [0.2, 0.25) is 10.6 Å². The van der Waals surface area contributed by atoms with Crippen molar-refractivity contribution in [2.75, 3.05) is 0 Å². The molecule has 0 fully saturated rings. The number of aromatic nitrogens is 3. The summed E-state index contributed by atoms with van der Waals surface area (Å²) >= 11 is 6.75. The van der Waals surface area contributed by atoms with E-state index in [9.17, 15) is 0 Å². The molecular weight excluding hydrogens is 268 g/mol. The summed E-state index contributed by atoms with van der Waals surface area (Å²) in [6, 6.07) is 5.58. The molecule has 0 radical (unpaired) electrons. The summed E-state index contributed by atoms with van der Waals surface area (Å²) in [5.74, 6) is 1.17. The van der Waals surface area contributed by atoms with Gasteiger partial charge in [-0.2, -0.15) is 21.1 Å². The Morgan fingerprint density at radius 3 is 3.17 bits per heavy atom. The molecule has 0 saturated carbocycles. The number of hydrogen-bond acceptors (Lipinski definition) is 5. The van der Waals surface area contributed by atoms with Crippen molar-refractivity contribution in [3.8, 4) is 11.6 Å². The van der Waals surface area contributed by atoms with Crippen LogP contribution in [0.15, 0.2) is 44.7 Å². The molecule has 0 aliphatic rings. The molecule has 1 N–H and O–H groups in total. The van der Waals surface area contributed by atoms with E-state index in [1.165, 1.54) is 4.68 Å². The first-order chi connectivity index (χ1) is 8.84. The molecule has 3 aromatic rings. The van der Waals surface area contributed by atoms with Crippen LogP contribution in [0.4, 0.5) is 0 Å². The lowest BCUT2D eigenvalue weighted by Crippen LogP contribution is -1.93. The molecule has 0 unspecified atom stereocenters. The molecule has 0 amide bonds. The van der Waals surface area contributed by atoms with Crippen molar-refractivity contribution in [1.82, 2.24) is 14.9 Å². The average Bonchev–Trinajstić information content (AvgIpc) is 3.08. The van der Waals surface area contributed by atoms with E-state index in [2.05, 4.69) is 15.3 Å². The van der Waals surface area contributed by atoms with E-state index in [-0.39, 0.29) is 0 Å². The Morgan fingerprint density at radius 2 is 2.44 bits per heavy atom. The smallest absolute Gasteiger partial charge is 0.219 e. The highest BCUT2D eigenvalue weighted by molar-refractivity contribution is 7.71. The fraction of sp³-hybridized carbons (Fsp3) is 0. The summed E-state index contributed by atoms with van der Waals surface area (Å²) in [5.41, 5.74) is 1.02. The Labute approximate surface area is 111 Å². The summed E-state index contributed by atoms with van der Waals surface area (Å²) in [6.07, 6.45) is 3.31. The summed E-state index contributed by atoms with van der Waals surface area (Å²) in [5, 5.41) is 15.1. The van der Waals surface area contributed by atoms with Gasteiger partial charge in [-0.15, -0.1) is 5.10 Å². The third-order valence-electron chi connectivity index (χ3n) is 2.26. The Balaban J connectivity index is 2.02. The molecule has 0 spiro atoms. The molecule has 0 aliphatic heterocycles. The fourth-order valence-electron chi connectivity index (χ4n) is 1.44. The van der Waals surface area contributed by atoms with Gasteiger partial charge in [-0.25, -0.2) is 5.10 Å². The molecule has 7 heteroatoms. The number of thiophene rings is 1. The highest BCUT2D eigenvalue weighted by Crippen LogP contribution is 2.17. The average molecular weight is 276 g/mol. The van der Waals surface area contributed by atoms with Crippen LogP contribution in [0.1, 0.15) is 5.56 Å². The van der Waals surface area contributed by atoms with Crippen molar-refractivity contribution in [3.63, 3.8) is 0 Å². The first-order valence-electron chi connectivity index (χ1n) is 5.12. The Bertz CT molecular complexity index is 707. The van der Waals surface area contributed by atoms with Crippen molar-refractivity contribution < 1.29 is 4.42 Å². The number of nitrogens with zero attached hydrogens (tertiary/aromatic N) is 3. The van der Waals surface area contributed by atoms with Gasteiger partial charge in [-0.3, -0.25) is 0 Å². The molecule has 0 saturated heterocycles. The summed E-state index contributed by atoms with van der Waals surface area (Å²) in [6.45, 7) is 0. The molecule has 3 aromatic heterocycles. The lowest BCUT2D eigenvalue weighted by molar-refractivity contribution is 0.573. The first kappa shape index (κ1) is 11.1. The van der Waals surface area contributed by atoms with E-state index in [0.29, 0.717) is 16.4 Å². The van der Waals surface area contributed by atoms with Crippen molar-refractivity contribution in [2.45, 2.75) is 0 Å². The van der Waals surface area contributed by atoms with Crippen molar-refractivity contribution in [1.29, 1.82) is 0 Å². The number of furan rings is 1. The van der Waals surface area contributed by atoms with Crippen molar-refractivity contribution in [3.05, 3.63) is 45.6 Å². The minimum atomic E-state index is 0.424. The van der Waals surface area contributed by atoms with Crippen molar-refractivity contribution in [2.24, 2.45) is 5.10 Å². The molecule has 3 heterocycles. The molecule has 3 rings (SSSR count). The third kappa shape index (κ3) is 2.05. The van der Waals surface area contributed by atoms with Gasteiger partial charge in [-0.1, -0.05) is 0 Å². The van der Waals surface area contributed by atoms with Crippen LogP contribution in [0, 0.1) is 4.77 Å². The van der Waals surface area contributed by atoms with Crippen molar-refractivity contribution >= 4 is 29.8 Å². The van der Waals surface area contributed by atoms with Crippen LogP contribution >= 0.6 is 23.6 Å². The Hall–Kier alpha value is -1.99. The molecule has 0 atom stereocenters. The highest BCUT2D eigenvalue weighted by Gasteiger charge is 2.10. The van der Waals surface area contributed by atoms with Gasteiger partial charge in [0, 0.05) is 5.56 Å². The van der Waals surface area contributed by atoms with Gasteiger partial charge < -0.3 is 4.42 Å². The number of aromatic amines is 1. The van der Waals surface area contributed by atoms with E-state index >= 15 is 0 Å². The van der Waals surface area contributed by atoms with Gasteiger partial charge in [0.1, 0.15) is 0 Å². The summed E-state index contributed by atoms with van der Waals surface area (Å²) < 4.78 is 7.25. The fourth-order valence-corrected chi connectivity index (χ4v) is 2.23. The molecule has 0 aromatic carbocycles. The normalized spacial score (nSPS) is 11.3. The van der Waals surface area contributed by atoms with Gasteiger partial charge >= 0.3 is 0 Å². The van der Waals surface area contributed by atoms with E-state index < -0.39 is 0 Å². The molecule has 18 heavy (non-hydrogen) atoms. The zero-order valence-corrected chi connectivity index (χ0v) is 10.7. The zero-order valence-electron chi connectivity index (χ0n) is 9.11. The van der Waals surface area contributed by atoms with Gasteiger partial charge in [0.05, 0.1) is 12.5 Å². The molecule has 0 aliphatic carbocycles. The van der Waals surface area contributed by atoms with Gasteiger partial charge in [0.25, 0.3) is 0 Å². The molecule has 0 bridgehead atoms. The van der Waals surface area contributed by atoms with E-state index in [0.717, 1.165) is 5.56 Å². The second-order valence-corrected chi connectivity index (χ2v) is 4.61. The topological polar surface area (TPSA) is 59.1 Å². The number of hydrogen-bond donors (Lipinski definition) is 1. The van der Waals surface area contributed by atoms with Crippen LogP contribution in [-0.2, 0) is 0 Å². The molecular formula is C11H8N4OS2. The number of rotatable bonds is 3. The zero-order chi connectivity index (χ0) is 12.4. The van der Waals surface area contributed by atoms with Crippen LogP contribution in [0.2, 0.25) is 0 Å². The lowest BCUT2D eigenvalue weighted by Gasteiger charge is -1.95. The van der Waals surface area contributed by atoms with Gasteiger partial charge in [0.15, 0.2) is 5.76 Å². The number of nitrogens with one attached hydrogen (secondary N) is 1. The second kappa shape index (κ2) is 4.71. The standard InChI is InChI=1S/C11H8N4OS2/c17-11-14-13-10(9-2-1-4-16-9)15(11)12-6-8-3-5-18-7-8/h1-7H,(H,14,17)/b12-6-. The van der Waals surface area contributed by atoms with E-state index in [1.807, 2.05) is 22.9 Å². The van der Waals surface area contributed by atoms with Crippen LogP contribution in [-0.4, -0.2) is 21.1 Å². The summed E-state index contributed by atoms with van der Waals surface area (Å²) in [4.78, 5) is 0.